The van der Waals surface area contributed by atoms with Crippen molar-refractivity contribution in [3.05, 3.63) is 29.8 Å². The molecule has 0 bridgehead atoms. The van der Waals surface area contributed by atoms with E-state index in [-0.39, 0.29) is 0 Å². The summed E-state index contributed by atoms with van der Waals surface area (Å²) < 4.78 is 0. The van der Waals surface area contributed by atoms with Crippen LogP contribution in [0.25, 0.3) is 0 Å². The molecular weight excluding hydrogens is 256 g/mol. The molecule has 0 aliphatic heterocycles. The predicted molar refractivity (Wildman–Crippen MR) is 92.7 cm³/mol. The minimum Gasteiger partial charge on any atom is -0.382 e. The highest BCUT2D eigenvalue weighted by atomic mass is 15.1. The van der Waals surface area contributed by atoms with E-state index in [9.17, 15) is 0 Å². The molecule has 21 heavy (non-hydrogen) atoms. The third-order valence-electron chi connectivity index (χ3n) is 5.14. The van der Waals surface area contributed by atoms with Crippen molar-refractivity contribution in [2.24, 2.45) is 5.41 Å². The third-order valence-corrected chi connectivity index (χ3v) is 5.14. The summed E-state index contributed by atoms with van der Waals surface area (Å²) in [4.78, 5) is 2.48. The Kier molecular flexibility index (Phi) is 5.69. The Morgan fingerprint density at radius 3 is 2.52 bits per heavy atom. The van der Waals surface area contributed by atoms with E-state index in [2.05, 4.69) is 62.2 Å². The van der Waals surface area contributed by atoms with Crippen molar-refractivity contribution >= 4 is 5.69 Å². The minimum absolute atomic E-state index is 0.403. The highest BCUT2D eigenvalue weighted by molar-refractivity contribution is 5.52. The van der Waals surface area contributed by atoms with Gasteiger partial charge in [0.25, 0.3) is 0 Å². The number of hydrogen-bond donors (Lipinski definition) is 1. The van der Waals surface area contributed by atoms with Crippen LogP contribution in [0.1, 0.15) is 58.9 Å². The maximum atomic E-state index is 3.87. The summed E-state index contributed by atoms with van der Waals surface area (Å²) in [7, 11) is 0. The van der Waals surface area contributed by atoms with Gasteiger partial charge in [0.2, 0.25) is 0 Å². The van der Waals surface area contributed by atoms with E-state index in [1.54, 1.807) is 0 Å². The highest BCUT2D eigenvalue weighted by Crippen LogP contribution is 2.37. The fourth-order valence-electron chi connectivity index (χ4n) is 3.44. The Bertz CT molecular complexity index is 435. The molecule has 1 unspecified atom stereocenters. The van der Waals surface area contributed by atoms with E-state index in [0.717, 1.165) is 19.6 Å². The summed E-state index contributed by atoms with van der Waals surface area (Å²) in [5.41, 5.74) is 3.17. The van der Waals surface area contributed by atoms with Crippen molar-refractivity contribution in [1.82, 2.24) is 4.90 Å². The second kappa shape index (κ2) is 7.31. The maximum Gasteiger partial charge on any atom is 0.0388 e. The SMILES string of the molecule is CCN(CC)Cc1ccccc1NC1CCCCC1(C)C. The van der Waals surface area contributed by atoms with Gasteiger partial charge in [-0.3, -0.25) is 4.90 Å². The lowest BCUT2D eigenvalue weighted by Crippen LogP contribution is -2.39. The van der Waals surface area contributed by atoms with Gasteiger partial charge in [-0.25, -0.2) is 0 Å². The van der Waals surface area contributed by atoms with Crippen LogP contribution in [0.5, 0.6) is 0 Å². The maximum absolute atomic E-state index is 3.87. The van der Waals surface area contributed by atoms with E-state index >= 15 is 0 Å². The lowest BCUT2D eigenvalue weighted by Gasteiger charge is -2.40. The van der Waals surface area contributed by atoms with Crippen LogP contribution in [0.2, 0.25) is 0 Å². The molecule has 118 valence electrons. The molecule has 1 saturated carbocycles. The number of para-hydroxylation sites is 1. The quantitative estimate of drug-likeness (QED) is 0.800. The molecule has 1 aliphatic carbocycles. The number of nitrogens with one attached hydrogen (secondary N) is 1. The van der Waals surface area contributed by atoms with Crippen LogP contribution in [0.15, 0.2) is 24.3 Å². The van der Waals surface area contributed by atoms with Gasteiger partial charge in [0.05, 0.1) is 0 Å². The lowest BCUT2D eigenvalue weighted by molar-refractivity contribution is 0.216. The summed E-state index contributed by atoms with van der Waals surface area (Å²) in [6.45, 7) is 12.6. The first-order valence-electron chi connectivity index (χ1n) is 8.63. The summed E-state index contributed by atoms with van der Waals surface area (Å²) in [5, 5.41) is 3.87. The van der Waals surface area contributed by atoms with E-state index in [1.165, 1.54) is 36.9 Å². The average molecular weight is 288 g/mol. The fraction of sp³-hybridized carbons (Fsp3) is 0.684. The summed E-state index contributed by atoms with van der Waals surface area (Å²) >= 11 is 0. The van der Waals surface area contributed by atoms with Gasteiger partial charge in [0.1, 0.15) is 0 Å². The van der Waals surface area contributed by atoms with Crippen molar-refractivity contribution < 1.29 is 0 Å². The second-order valence-electron chi connectivity index (χ2n) is 7.05. The molecule has 1 N–H and O–H groups in total. The zero-order valence-corrected chi connectivity index (χ0v) is 14.3. The standard InChI is InChI=1S/C19H32N2/c1-5-21(6-2)15-16-11-7-8-12-17(16)20-18-13-9-10-14-19(18,3)4/h7-8,11-12,18,20H,5-6,9-10,13-15H2,1-4H3. The van der Waals surface area contributed by atoms with Gasteiger partial charge in [-0.05, 0) is 43.0 Å². The van der Waals surface area contributed by atoms with Crippen LogP contribution in [0.3, 0.4) is 0 Å². The highest BCUT2D eigenvalue weighted by Gasteiger charge is 2.32. The van der Waals surface area contributed by atoms with Crippen LogP contribution >= 0.6 is 0 Å². The van der Waals surface area contributed by atoms with Gasteiger partial charge in [0, 0.05) is 18.3 Å². The summed E-state index contributed by atoms with van der Waals surface area (Å²) in [6.07, 6.45) is 5.38. The van der Waals surface area contributed by atoms with E-state index in [0.29, 0.717) is 11.5 Å². The van der Waals surface area contributed by atoms with E-state index in [4.69, 9.17) is 0 Å². The topological polar surface area (TPSA) is 15.3 Å². The average Bonchev–Trinajstić information content (AvgIpc) is 2.48. The van der Waals surface area contributed by atoms with Gasteiger partial charge in [-0.1, -0.05) is 58.7 Å². The van der Waals surface area contributed by atoms with Gasteiger partial charge < -0.3 is 5.32 Å². The largest absolute Gasteiger partial charge is 0.382 e. The van der Waals surface area contributed by atoms with Crippen molar-refractivity contribution in [2.75, 3.05) is 18.4 Å². The van der Waals surface area contributed by atoms with E-state index in [1.807, 2.05) is 0 Å². The third kappa shape index (κ3) is 4.23. The molecule has 2 heteroatoms. The molecule has 2 nitrogen and oxygen atoms in total. The van der Waals surface area contributed by atoms with Crippen molar-refractivity contribution in [1.29, 1.82) is 0 Å². The van der Waals surface area contributed by atoms with Crippen LogP contribution in [-0.2, 0) is 6.54 Å². The first kappa shape index (κ1) is 16.4. The molecule has 0 radical (unpaired) electrons. The van der Waals surface area contributed by atoms with Gasteiger partial charge >= 0.3 is 0 Å². The Labute approximate surface area is 130 Å². The van der Waals surface area contributed by atoms with Crippen LogP contribution in [-0.4, -0.2) is 24.0 Å². The fourth-order valence-corrected chi connectivity index (χ4v) is 3.44. The zero-order valence-electron chi connectivity index (χ0n) is 14.3. The first-order chi connectivity index (χ1) is 10.1. The number of rotatable bonds is 6. The van der Waals surface area contributed by atoms with E-state index < -0.39 is 0 Å². The van der Waals surface area contributed by atoms with Crippen LogP contribution in [0, 0.1) is 5.41 Å². The first-order valence-corrected chi connectivity index (χ1v) is 8.63. The monoisotopic (exact) mass is 288 g/mol. The van der Waals surface area contributed by atoms with Gasteiger partial charge in [-0.2, -0.15) is 0 Å². The Morgan fingerprint density at radius 1 is 1.14 bits per heavy atom. The molecule has 0 heterocycles. The molecule has 2 rings (SSSR count). The molecule has 0 spiro atoms. The molecule has 0 aromatic heterocycles. The van der Waals surface area contributed by atoms with Crippen molar-refractivity contribution in [3.8, 4) is 0 Å². The Balaban J connectivity index is 2.12. The Hall–Kier alpha value is -1.02. The van der Waals surface area contributed by atoms with Crippen molar-refractivity contribution in [3.63, 3.8) is 0 Å². The molecule has 0 saturated heterocycles. The molecule has 1 fully saturated rings. The normalized spacial score (nSPS) is 21.5. The predicted octanol–water partition coefficient (Wildman–Crippen LogP) is 4.91. The second-order valence-corrected chi connectivity index (χ2v) is 7.05. The zero-order chi connectivity index (χ0) is 15.3. The van der Waals surface area contributed by atoms with Crippen molar-refractivity contribution in [2.45, 2.75) is 66.0 Å². The minimum atomic E-state index is 0.403. The molecule has 0 amide bonds. The molecular formula is C19H32N2. The molecule has 1 atom stereocenters. The summed E-state index contributed by atoms with van der Waals surface area (Å²) in [6, 6.07) is 9.45. The lowest BCUT2D eigenvalue weighted by atomic mass is 9.73. The number of hydrogen-bond acceptors (Lipinski definition) is 2. The smallest absolute Gasteiger partial charge is 0.0388 e. The number of nitrogens with zero attached hydrogens (tertiary/aromatic N) is 1. The van der Waals surface area contributed by atoms with Gasteiger partial charge in [0.15, 0.2) is 0 Å². The molecule has 1 aromatic carbocycles. The van der Waals surface area contributed by atoms with Crippen LogP contribution < -0.4 is 5.32 Å². The number of benzene rings is 1. The number of anilines is 1. The molecule has 1 aromatic rings. The Morgan fingerprint density at radius 2 is 1.86 bits per heavy atom. The van der Waals surface area contributed by atoms with Crippen LogP contribution in [0.4, 0.5) is 5.69 Å². The van der Waals surface area contributed by atoms with Gasteiger partial charge in [-0.15, -0.1) is 0 Å². The summed E-state index contributed by atoms with van der Waals surface area (Å²) in [5.74, 6) is 0. The molecule has 1 aliphatic rings.